The van der Waals surface area contributed by atoms with E-state index >= 15 is 0 Å². The van der Waals surface area contributed by atoms with Gasteiger partial charge in [-0.15, -0.1) is 0 Å². The van der Waals surface area contributed by atoms with Crippen molar-refractivity contribution < 1.29 is 5.11 Å². The van der Waals surface area contributed by atoms with Crippen LogP contribution < -0.4 is 5.32 Å². The summed E-state index contributed by atoms with van der Waals surface area (Å²) in [5.74, 6) is 0. The van der Waals surface area contributed by atoms with Crippen molar-refractivity contribution in [3.8, 4) is 0 Å². The maximum absolute atomic E-state index is 9.55. The molecular formula is C16H18ClNO. The third-order valence-corrected chi connectivity index (χ3v) is 3.58. The molecule has 0 fully saturated rings. The van der Waals surface area contributed by atoms with Crippen LogP contribution in [0.25, 0.3) is 0 Å². The lowest BCUT2D eigenvalue weighted by molar-refractivity contribution is 0.276. The van der Waals surface area contributed by atoms with Gasteiger partial charge in [0.1, 0.15) is 0 Å². The summed E-state index contributed by atoms with van der Waals surface area (Å²) in [6.45, 7) is 4.04. The molecule has 0 saturated carbocycles. The Hall–Kier alpha value is -1.51. The van der Waals surface area contributed by atoms with E-state index in [-0.39, 0.29) is 12.6 Å². The molecule has 3 heteroatoms. The average molecular weight is 276 g/mol. The summed E-state index contributed by atoms with van der Waals surface area (Å²) < 4.78 is 0. The molecule has 0 aromatic heterocycles. The highest BCUT2D eigenvalue weighted by Gasteiger charge is 2.11. The molecule has 2 aromatic rings. The Balaban J connectivity index is 2.19. The summed E-state index contributed by atoms with van der Waals surface area (Å²) in [6, 6.07) is 13.8. The van der Waals surface area contributed by atoms with Gasteiger partial charge in [0.25, 0.3) is 0 Å². The van der Waals surface area contributed by atoms with Crippen molar-refractivity contribution in [1.82, 2.24) is 0 Å². The molecule has 2 N–H and O–H groups in total. The molecule has 0 amide bonds. The number of aryl methyl sites for hydroxylation is 2. The quantitative estimate of drug-likeness (QED) is 0.880. The molecule has 0 saturated heterocycles. The van der Waals surface area contributed by atoms with Gasteiger partial charge in [0, 0.05) is 10.7 Å². The number of nitrogens with one attached hydrogen (secondary N) is 1. The SMILES string of the molecule is Cc1ccc(NC(CO)c2ccc(C)c(Cl)c2)cc1. The van der Waals surface area contributed by atoms with Crippen LogP contribution >= 0.6 is 11.6 Å². The highest BCUT2D eigenvalue weighted by atomic mass is 35.5. The number of aliphatic hydroxyl groups excluding tert-OH is 1. The second-order valence-electron chi connectivity index (χ2n) is 4.75. The first-order valence-electron chi connectivity index (χ1n) is 6.30. The van der Waals surface area contributed by atoms with E-state index < -0.39 is 0 Å². The maximum atomic E-state index is 9.55. The molecule has 2 nitrogen and oxygen atoms in total. The Labute approximate surface area is 119 Å². The van der Waals surface area contributed by atoms with Crippen molar-refractivity contribution in [2.45, 2.75) is 19.9 Å². The van der Waals surface area contributed by atoms with Crippen LogP contribution in [0, 0.1) is 13.8 Å². The summed E-state index contributed by atoms with van der Waals surface area (Å²) in [5, 5.41) is 13.6. The number of rotatable bonds is 4. The fourth-order valence-corrected chi connectivity index (χ4v) is 2.10. The van der Waals surface area contributed by atoms with Crippen molar-refractivity contribution >= 4 is 17.3 Å². The molecule has 19 heavy (non-hydrogen) atoms. The van der Waals surface area contributed by atoms with E-state index in [1.54, 1.807) is 0 Å². The topological polar surface area (TPSA) is 32.3 Å². The molecule has 2 rings (SSSR count). The summed E-state index contributed by atoms with van der Waals surface area (Å²) in [5.41, 5.74) is 4.22. The van der Waals surface area contributed by atoms with Crippen LogP contribution in [0.5, 0.6) is 0 Å². The second-order valence-corrected chi connectivity index (χ2v) is 5.16. The lowest BCUT2D eigenvalue weighted by Gasteiger charge is -2.19. The van der Waals surface area contributed by atoms with Gasteiger partial charge in [-0.05, 0) is 43.2 Å². The minimum atomic E-state index is -0.152. The number of anilines is 1. The minimum Gasteiger partial charge on any atom is -0.394 e. The summed E-state index contributed by atoms with van der Waals surface area (Å²) in [7, 11) is 0. The van der Waals surface area contributed by atoms with Crippen molar-refractivity contribution in [3.05, 3.63) is 64.2 Å². The lowest BCUT2D eigenvalue weighted by atomic mass is 10.1. The smallest absolute Gasteiger partial charge is 0.0745 e. The van der Waals surface area contributed by atoms with Gasteiger partial charge in [-0.2, -0.15) is 0 Å². The zero-order valence-corrected chi connectivity index (χ0v) is 11.9. The molecule has 2 aromatic carbocycles. The zero-order chi connectivity index (χ0) is 13.8. The number of aliphatic hydroxyl groups is 1. The fourth-order valence-electron chi connectivity index (χ4n) is 1.91. The van der Waals surface area contributed by atoms with Gasteiger partial charge < -0.3 is 10.4 Å². The fraction of sp³-hybridized carbons (Fsp3) is 0.250. The molecule has 0 spiro atoms. The number of benzene rings is 2. The van der Waals surface area contributed by atoms with E-state index in [1.165, 1.54) is 5.56 Å². The highest BCUT2D eigenvalue weighted by Crippen LogP contribution is 2.24. The van der Waals surface area contributed by atoms with Gasteiger partial charge in [-0.1, -0.05) is 41.4 Å². The Morgan fingerprint density at radius 1 is 1.11 bits per heavy atom. The van der Waals surface area contributed by atoms with Crippen LogP contribution in [0.3, 0.4) is 0 Å². The molecular weight excluding hydrogens is 258 g/mol. The van der Waals surface area contributed by atoms with Crippen molar-refractivity contribution in [2.24, 2.45) is 0 Å². The first-order valence-corrected chi connectivity index (χ1v) is 6.68. The summed E-state index contributed by atoms with van der Waals surface area (Å²) in [4.78, 5) is 0. The number of hydrogen-bond donors (Lipinski definition) is 2. The Morgan fingerprint density at radius 2 is 1.79 bits per heavy atom. The molecule has 0 aliphatic heterocycles. The molecule has 1 atom stereocenters. The molecule has 0 bridgehead atoms. The molecule has 0 aliphatic rings. The highest BCUT2D eigenvalue weighted by molar-refractivity contribution is 6.31. The summed E-state index contributed by atoms with van der Waals surface area (Å²) >= 11 is 6.13. The van der Waals surface area contributed by atoms with Crippen LogP contribution in [0.15, 0.2) is 42.5 Å². The third kappa shape index (κ3) is 3.49. The van der Waals surface area contributed by atoms with E-state index in [2.05, 4.69) is 5.32 Å². The van der Waals surface area contributed by atoms with Crippen molar-refractivity contribution in [1.29, 1.82) is 0 Å². The second kappa shape index (κ2) is 6.09. The average Bonchev–Trinajstić information content (AvgIpc) is 2.41. The lowest BCUT2D eigenvalue weighted by Crippen LogP contribution is -2.14. The molecule has 0 aliphatic carbocycles. The van der Waals surface area contributed by atoms with Gasteiger partial charge in [0.15, 0.2) is 0 Å². The van der Waals surface area contributed by atoms with E-state index in [0.29, 0.717) is 0 Å². The van der Waals surface area contributed by atoms with Crippen LogP contribution in [0.2, 0.25) is 5.02 Å². The Bertz CT molecular complexity index is 551. The monoisotopic (exact) mass is 275 g/mol. The third-order valence-electron chi connectivity index (χ3n) is 3.17. The normalized spacial score (nSPS) is 12.2. The largest absolute Gasteiger partial charge is 0.394 e. The van der Waals surface area contributed by atoms with Crippen LogP contribution in [-0.2, 0) is 0 Å². The van der Waals surface area contributed by atoms with E-state index in [1.807, 2.05) is 56.3 Å². The van der Waals surface area contributed by atoms with Crippen LogP contribution in [0.4, 0.5) is 5.69 Å². The molecule has 1 unspecified atom stereocenters. The molecule has 0 heterocycles. The van der Waals surface area contributed by atoms with E-state index in [0.717, 1.165) is 21.8 Å². The molecule has 0 radical (unpaired) electrons. The van der Waals surface area contributed by atoms with E-state index in [9.17, 15) is 5.11 Å². The van der Waals surface area contributed by atoms with Gasteiger partial charge in [0.05, 0.1) is 12.6 Å². The summed E-state index contributed by atoms with van der Waals surface area (Å²) in [6.07, 6.45) is 0. The maximum Gasteiger partial charge on any atom is 0.0745 e. The first-order chi connectivity index (χ1) is 9.10. The zero-order valence-electron chi connectivity index (χ0n) is 11.2. The van der Waals surface area contributed by atoms with E-state index in [4.69, 9.17) is 11.6 Å². The van der Waals surface area contributed by atoms with Crippen molar-refractivity contribution in [2.75, 3.05) is 11.9 Å². The molecule has 100 valence electrons. The minimum absolute atomic E-state index is 0.0211. The van der Waals surface area contributed by atoms with Crippen LogP contribution in [0.1, 0.15) is 22.7 Å². The number of halogens is 1. The first kappa shape index (κ1) is 13.9. The Morgan fingerprint density at radius 3 is 2.37 bits per heavy atom. The Kier molecular flexibility index (Phi) is 4.46. The van der Waals surface area contributed by atoms with Gasteiger partial charge in [0.2, 0.25) is 0 Å². The predicted octanol–water partition coefficient (Wildman–Crippen LogP) is 4.10. The van der Waals surface area contributed by atoms with Gasteiger partial charge in [-0.25, -0.2) is 0 Å². The van der Waals surface area contributed by atoms with Gasteiger partial charge in [-0.3, -0.25) is 0 Å². The van der Waals surface area contributed by atoms with Crippen LogP contribution in [-0.4, -0.2) is 11.7 Å². The van der Waals surface area contributed by atoms with Crippen molar-refractivity contribution in [3.63, 3.8) is 0 Å². The standard InChI is InChI=1S/C16H18ClNO/c1-11-3-7-14(8-4-11)18-16(10-19)13-6-5-12(2)15(17)9-13/h3-9,16,18-19H,10H2,1-2H3. The predicted molar refractivity (Wildman–Crippen MR) is 80.8 cm³/mol. The number of hydrogen-bond acceptors (Lipinski definition) is 2. The van der Waals surface area contributed by atoms with Gasteiger partial charge >= 0.3 is 0 Å².